The van der Waals surface area contributed by atoms with Gasteiger partial charge < -0.3 is 21.1 Å². The number of nitrogens with zero attached hydrogens (tertiary/aromatic N) is 1. The van der Waals surface area contributed by atoms with Crippen LogP contribution in [0.1, 0.15) is 40.9 Å². The van der Waals surface area contributed by atoms with Gasteiger partial charge in [0.15, 0.2) is 0 Å². The summed E-state index contributed by atoms with van der Waals surface area (Å²) >= 11 is 1.39. The zero-order valence-corrected chi connectivity index (χ0v) is 17.3. The first-order valence-electron chi connectivity index (χ1n) is 9.76. The first-order chi connectivity index (χ1) is 14.4. The standard InChI is InChI=1S/C20H24F2N4O3S/c1-11-16(7-9-27)30-20(24-11)17(15-4-2-3-8-23-15)26-19(29)18(28)25-14-6-5-12(21)10-13(14)22/h5-6,10,15,17,23,27H,2-4,7-9H2,1H3,(H,25,28)(H,26,29). The number of amides is 2. The van der Waals surface area contributed by atoms with E-state index in [1.165, 1.54) is 11.3 Å². The quantitative estimate of drug-likeness (QED) is 0.518. The van der Waals surface area contributed by atoms with E-state index in [1.54, 1.807) is 0 Å². The molecule has 1 aromatic carbocycles. The number of benzene rings is 1. The Kier molecular flexibility index (Phi) is 7.46. The van der Waals surface area contributed by atoms with Gasteiger partial charge >= 0.3 is 11.8 Å². The summed E-state index contributed by atoms with van der Waals surface area (Å²) in [5.74, 6) is -3.74. The molecule has 2 unspecified atom stereocenters. The smallest absolute Gasteiger partial charge is 0.313 e. The summed E-state index contributed by atoms with van der Waals surface area (Å²) in [6.07, 6.45) is 3.26. The molecule has 162 valence electrons. The van der Waals surface area contributed by atoms with Crippen molar-refractivity contribution in [1.29, 1.82) is 0 Å². The average Bonchev–Trinajstić information content (AvgIpc) is 3.09. The van der Waals surface area contributed by atoms with E-state index in [0.717, 1.165) is 48.5 Å². The highest BCUT2D eigenvalue weighted by Gasteiger charge is 2.31. The van der Waals surface area contributed by atoms with Crippen LogP contribution in [-0.4, -0.2) is 41.1 Å². The van der Waals surface area contributed by atoms with Crippen molar-refractivity contribution in [1.82, 2.24) is 15.6 Å². The molecule has 1 aromatic heterocycles. The van der Waals surface area contributed by atoms with Crippen LogP contribution < -0.4 is 16.0 Å². The maximum absolute atomic E-state index is 13.8. The fraction of sp³-hybridized carbons (Fsp3) is 0.450. The minimum Gasteiger partial charge on any atom is -0.396 e. The Labute approximate surface area is 176 Å². The maximum Gasteiger partial charge on any atom is 0.313 e. The van der Waals surface area contributed by atoms with Gasteiger partial charge in [-0.15, -0.1) is 11.3 Å². The van der Waals surface area contributed by atoms with Crippen molar-refractivity contribution in [3.05, 3.63) is 45.4 Å². The molecule has 0 radical (unpaired) electrons. The number of thiazole rings is 1. The molecule has 0 saturated carbocycles. The molecule has 3 rings (SSSR count). The lowest BCUT2D eigenvalue weighted by atomic mass is 9.98. The number of aromatic nitrogens is 1. The molecule has 2 aromatic rings. The lowest BCUT2D eigenvalue weighted by molar-refractivity contribution is -0.136. The Balaban J connectivity index is 1.77. The highest BCUT2D eigenvalue weighted by atomic mass is 32.1. The molecule has 1 saturated heterocycles. The third-order valence-corrected chi connectivity index (χ3v) is 6.24. The summed E-state index contributed by atoms with van der Waals surface area (Å²) in [5, 5.41) is 18.1. The highest BCUT2D eigenvalue weighted by molar-refractivity contribution is 7.11. The second-order valence-electron chi connectivity index (χ2n) is 7.12. The van der Waals surface area contributed by atoms with E-state index in [2.05, 4.69) is 20.9 Å². The van der Waals surface area contributed by atoms with E-state index in [0.29, 0.717) is 17.5 Å². The number of piperidine rings is 1. The first-order valence-corrected chi connectivity index (χ1v) is 10.6. The van der Waals surface area contributed by atoms with Crippen molar-refractivity contribution in [2.24, 2.45) is 0 Å². The molecule has 1 aliphatic rings. The van der Waals surface area contributed by atoms with Crippen LogP contribution in [0.15, 0.2) is 18.2 Å². The molecule has 10 heteroatoms. The van der Waals surface area contributed by atoms with Gasteiger partial charge in [0.25, 0.3) is 0 Å². The fourth-order valence-corrected chi connectivity index (χ4v) is 4.56. The van der Waals surface area contributed by atoms with Crippen LogP contribution in [0.3, 0.4) is 0 Å². The number of aliphatic hydroxyl groups is 1. The maximum atomic E-state index is 13.8. The topological polar surface area (TPSA) is 103 Å². The monoisotopic (exact) mass is 438 g/mol. The predicted molar refractivity (Wildman–Crippen MR) is 109 cm³/mol. The van der Waals surface area contributed by atoms with Gasteiger partial charge in [0.05, 0.1) is 17.4 Å². The van der Waals surface area contributed by atoms with Crippen LogP contribution in [0.2, 0.25) is 0 Å². The van der Waals surface area contributed by atoms with Gasteiger partial charge in [-0.1, -0.05) is 6.42 Å². The van der Waals surface area contributed by atoms with Gasteiger partial charge in [-0.2, -0.15) is 0 Å². The molecule has 1 fully saturated rings. The van der Waals surface area contributed by atoms with E-state index in [4.69, 9.17) is 0 Å². The first kappa shape index (κ1) is 22.3. The molecule has 0 aliphatic carbocycles. The number of hydrogen-bond donors (Lipinski definition) is 4. The predicted octanol–water partition coefficient (Wildman–Crippen LogP) is 2.20. The number of halogens is 2. The molecular formula is C20H24F2N4O3S. The van der Waals surface area contributed by atoms with Gasteiger partial charge in [0.1, 0.15) is 16.6 Å². The summed E-state index contributed by atoms with van der Waals surface area (Å²) in [6, 6.07) is 2.03. The summed E-state index contributed by atoms with van der Waals surface area (Å²) < 4.78 is 26.8. The largest absolute Gasteiger partial charge is 0.396 e. The van der Waals surface area contributed by atoms with Gasteiger partial charge in [-0.25, -0.2) is 13.8 Å². The van der Waals surface area contributed by atoms with Gasteiger partial charge in [0.2, 0.25) is 0 Å². The minimum absolute atomic E-state index is 0.00713. The van der Waals surface area contributed by atoms with Gasteiger partial charge in [0, 0.05) is 30.0 Å². The summed E-state index contributed by atoms with van der Waals surface area (Å²) in [5.41, 5.74) is 0.496. The molecule has 30 heavy (non-hydrogen) atoms. The lowest BCUT2D eigenvalue weighted by Gasteiger charge is -2.30. The normalized spacial score (nSPS) is 17.4. The van der Waals surface area contributed by atoms with Crippen molar-refractivity contribution in [3.8, 4) is 0 Å². The molecule has 2 heterocycles. The van der Waals surface area contributed by atoms with Gasteiger partial charge in [-0.05, 0) is 38.4 Å². The minimum atomic E-state index is -1.05. The van der Waals surface area contributed by atoms with Crippen molar-refractivity contribution in [2.75, 3.05) is 18.5 Å². The van der Waals surface area contributed by atoms with Gasteiger partial charge in [-0.3, -0.25) is 9.59 Å². The Morgan fingerprint density at radius 1 is 1.33 bits per heavy atom. The van der Waals surface area contributed by atoms with Crippen LogP contribution in [0, 0.1) is 18.6 Å². The Hall–Kier alpha value is -2.43. The van der Waals surface area contributed by atoms with Crippen molar-refractivity contribution in [2.45, 2.75) is 44.7 Å². The molecule has 2 atom stereocenters. The van der Waals surface area contributed by atoms with E-state index >= 15 is 0 Å². The third-order valence-electron chi connectivity index (χ3n) is 4.94. The van der Waals surface area contributed by atoms with Crippen molar-refractivity contribution in [3.63, 3.8) is 0 Å². The number of aryl methyl sites for hydroxylation is 1. The van der Waals surface area contributed by atoms with Crippen molar-refractivity contribution < 1.29 is 23.5 Å². The molecule has 0 spiro atoms. The molecule has 7 nitrogen and oxygen atoms in total. The Morgan fingerprint density at radius 3 is 2.80 bits per heavy atom. The highest BCUT2D eigenvalue weighted by Crippen LogP contribution is 2.29. The Morgan fingerprint density at radius 2 is 2.13 bits per heavy atom. The molecular weight excluding hydrogens is 414 g/mol. The van der Waals surface area contributed by atoms with Crippen LogP contribution in [0.5, 0.6) is 0 Å². The Bertz CT molecular complexity index is 915. The number of carbonyl (C=O) groups excluding carboxylic acids is 2. The second-order valence-corrected chi connectivity index (χ2v) is 8.24. The lowest BCUT2D eigenvalue weighted by Crippen LogP contribution is -2.48. The zero-order chi connectivity index (χ0) is 21.7. The van der Waals surface area contributed by atoms with E-state index in [-0.39, 0.29) is 18.3 Å². The molecule has 4 N–H and O–H groups in total. The average molecular weight is 439 g/mol. The molecule has 2 amide bonds. The van der Waals surface area contributed by atoms with E-state index in [1.807, 2.05) is 6.92 Å². The van der Waals surface area contributed by atoms with Crippen LogP contribution in [0.25, 0.3) is 0 Å². The SMILES string of the molecule is Cc1nc(C(NC(=O)C(=O)Nc2ccc(F)cc2F)C2CCCCN2)sc1CCO. The summed E-state index contributed by atoms with van der Waals surface area (Å²) in [4.78, 5) is 30.3. The molecule has 1 aliphatic heterocycles. The summed E-state index contributed by atoms with van der Waals surface area (Å²) in [7, 11) is 0. The van der Waals surface area contributed by atoms with E-state index in [9.17, 15) is 23.5 Å². The number of hydrogen-bond acceptors (Lipinski definition) is 6. The number of carbonyl (C=O) groups is 2. The van der Waals surface area contributed by atoms with E-state index < -0.39 is 29.5 Å². The van der Waals surface area contributed by atoms with Crippen LogP contribution in [-0.2, 0) is 16.0 Å². The number of aliphatic hydroxyl groups excluding tert-OH is 1. The number of anilines is 1. The molecule has 0 bridgehead atoms. The van der Waals surface area contributed by atoms with Crippen LogP contribution in [0.4, 0.5) is 14.5 Å². The second kappa shape index (κ2) is 10.1. The van der Waals surface area contributed by atoms with Crippen LogP contribution >= 0.6 is 11.3 Å². The summed E-state index contributed by atoms with van der Waals surface area (Å²) in [6.45, 7) is 2.62. The third kappa shape index (κ3) is 5.38. The fourth-order valence-electron chi connectivity index (χ4n) is 3.39. The zero-order valence-electron chi connectivity index (χ0n) is 16.5. The van der Waals surface area contributed by atoms with Crippen molar-refractivity contribution >= 4 is 28.8 Å². The number of nitrogens with one attached hydrogen (secondary N) is 3. The number of rotatable bonds is 6.